The number of hydrogen-bond donors (Lipinski definition) is 0. The van der Waals surface area contributed by atoms with Gasteiger partial charge in [0.25, 0.3) is 0 Å². The highest BCUT2D eigenvalue weighted by Gasteiger charge is 2.26. The quantitative estimate of drug-likeness (QED) is 0.795. The third kappa shape index (κ3) is 3.14. The number of nitrogens with zero attached hydrogens (tertiary/aromatic N) is 2. The Balaban J connectivity index is 1.38. The third-order valence-corrected chi connectivity index (χ3v) is 5.17. The van der Waals surface area contributed by atoms with Crippen molar-refractivity contribution < 1.29 is 4.79 Å². The molecule has 3 heteroatoms. The van der Waals surface area contributed by atoms with Crippen LogP contribution in [0, 0.1) is 0 Å². The first-order valence-corrected chi connectivity index (χ1v) is 8.59. The smallest absolute Gasteiger partial charge is 0.150 e. The Morgan fingerprint density at radius 2 is 1.65 bits per heavy atom. The van der Waals surface area contributed by atoms with E-state index in [9.17, 15) is 4.79 Å². The fraction of sp³-hybridized carbons (Fsp3) is 0.400. The van der Waals surface area contributed by atoms with Gasteiger partial charge < -0.3 is 4.90 Å². The lowest BCUT2D eigenvalue weighted by Crippen LogP contribution is -2.32. The molecule has 0 unspecified atom stereocenters. The summed E-state index contributed by atoms with van der Waals surface area (Å²) in [5, 5.41) is 0. The number of rotatable bonds is 4. The molecule has 1 aromatic carbocycles. The summed E-state index contributed by atoms with van der Waals surface area (Å²) in [6, 6.07) is 12.4. The van der Waals surface area contributed by atoms with Crippen LogP contribution in [0.3, 0.4) is 0 Å². The summed E-state index contributed by atoms with van der Waals surface area (Å²) in [4.78, 5) is 17.8. The zero-order valence-corrected chi connectivity index (χ0v) is 13.3. The first-order valence-electron chi connectivity index (χ1n) is 8.59. The molecule has 23 heavy (non-hydrogen) atoms. The molecular formula is C20H22N2O. The van der Waals surface area contributed by atoms with Gasteiger partial charge in [-0.1, -0.05) is 6.07 Å². The predicted octanol–water partition coefficient (Wildman–Crippen LogP) is 4.16. The average Bonchev–Trinajstić information content (AvgIpc) is 3.47. The van der Waals surface area contributed by atoms with E-state index < -0.39 is 0 Å². The van der Waals surface area contributed by atoms with E-state index in [0.717, 1.165) is 30.9 Å². The van der Waals surface area contributed by atoms with Gasteiger partial charge in [-0.15, -0.1) is 0 Å². The summed E-state index contributed by atoms with van der Waals surface area (Å²) in [5.41, 5.74) is 4.63. The minimum absolute atomic E-state index is 0.626. The number of carbonyl (C=O) groups excluding carboxylic acids is 1. The van der Waals surface area contributed by atoms with Crippen molar-refractivity contribution in [2.45, 2.75) is 37.5 Å². The van der Waals surface area contributed by atoms with Crippen LogP contribution in [-0.4, -0.2) is 24.4 Å². The number of pyridine rings is 1. The van der Waals surface area contributed by atoms with Crippen molar-refractivity contribution in [3.8, 4) is 0 Å². The molecule has 1 aliphatic heterocycles. The largest absolute Gasteiger partial charge is 0.371 e. The normalized spacial score (nSPS) is 18.9. The van der Waals surface area contributed by atoms with E-state index in [4.69, 9.17) is 0 Å². The molecule has 2 aliphatic rings. The summed E-state index contributed by atoms with van der Waals surface area (Å²) in [7, 11) is 0. The molecule has 1 aliphatic carbocycles. The second-order valence-electron chi connectivity index (χ2n) is 6.76. The van der Waals surface area contributed by atoms with Gasteiger partial charge in [0.1, 0.15) is 6.29 Å². The number of hydrogen-bond acceptors (Lipinski definition) is 3. The molecule has 4 rings (SSSR count). The minimum atomic E-state index is 0.626. The van der Waals surface area contributed by atoms with E-state index in [0.29, 0.717) is 5.92 Å². The Labute approximate surface area is 137 Å². The molecule has 2 heterocycles. The van der Waals surface area contributed by atoms with Crippen LogP contribution in [0.15, 0.2) is 42.6 Å². The lowest BCUT2D eigenvalue weighted by atomic mass is 9.90. The van der Waals surface area contributed by atoms with E-state index in [-0.39, 0.29) is 0 Å². The van der Waals surface area contributed by atoms with Crippen LogP contribution in [0.25, 0.3) is 0 Å². The minimum Gasteiger partial charge on any atom is -0.371 e. The molecule has 2 aromatic rings. The van der Waals surface area contributed by atoms with Crippen LogP contribution >= 0.6 is 0 Å². The average molecular weight is 306 g/mol. The van der Waals surface area contributed by atoms with Crippen molar-refractivity contribution in [1.29, 1.82) is 0 Å². The summed E-state index contributed by atoms with van der Waals surface area (Å²) in [6.07, 6.45) is 7.96. The number of benzene rings is 1. The number of aldehydes is 1. The number of aromatic nitrogens is 1. The van der Waals surface area contributed by atoms with Crippen LogP contribution in [0.5, 0.6) is 0 Å². The molecule has 0 atom stereocenters. The first-order chi connectivity index (χ1) is 11.3. The summed E-state index contributed by atoms with van der Waals surface area (Å²) in [6.45, 7) is 2.13. The van der Waals surface area contributed by atoms with E-state index >= 15 is 0 Å². The molecule has 0 N–H and O–H groups in total. The third-order valence-electron chi connectivity index (χ3n) is 5.17. The van der Waals surface area contributed by atoms with Gasteiger partial charge in [-0.3, -0.25) is 9.78 Å². The molecular weight excluding hydrogens is 284 g/mol. The van der Waals surface area contributed by atoms with Crippen molar-refractivity contribution in [2.75, 3.05) is 18.0 Å². The van der Waals surface area contributed by atoms with Gasteiger partial charge in [0.2, 0.25) is 0 Å². The monoisotopic (exact) mass is 306 g/mol. The second-order valence-corrected chi connectivity index (χ2v) is 6.76. The fourth-order valence-corrected chi connectivity index (χ4v) is 3.51. The van der Waals surface area contributed by atoms with Gasteiger partial charge in [-0.2, -0.15) is 0 Å². The van der Waals surface area contributed by atoms with Crippen molar-refractivity contribution in [2.24, 2.45) is 0 Å². The van der Waals surface area contributed by atoms with E-state index in [1.165, 1.54) is 42.6 Å². The van der Waals surface area contributed by atoms with Gasteiger partial charge in [0.05, 0.1) is 0 Å². The van der Waals surface area contributed by atoms with Crippen LogP contribution in [-0.2, 0) is 0 Å². The Morgan fingerprint density at radius 1 is 0.913 bits per heavy atom. The summed E-state index contributed by atoms with van der Waals surface area (Å²) < 4.78 is 0. The highest BCUT2D eigenvalue weighted by atomic mass is 16.1. The van der Waals surface area contributed by atoms with E-state index in [1.807, 2.05) is 12.1 Å². The topological polar surface area (TPSA) is 33.2 Å². The first kappa shape index (κ1) is 14.4. The number of anilines is 1. The standard InChI is InChI=1S/C20H22N2O/c23-14-15-1-6-19(7-2-15)22-11-9-16(10-12-22)18-5-8-20(21-13-18)17-3-4-17/h1-2,5-8,13-14,16-17H,3-4,9-12H2. The predicted molar refractivity (Wildman–Crippen MR) is 92.2 cm³/mol. The molecule has 118 valence electrons. The van der Waals surface area contributed by atoms with Crippen molar-refractivity contribution >= 4 is 12.0 Å². The molecule has 1 aromatic heterocycles. The molecule has 2 fully saturated rings. The lowest BCUT2D eigenvalue weighted by Gasteiger charge is -2.33. The van der Waals surface area contributed by atoms with E-state index in [1.54, 1.807) is 0 Å². The maximum atomic E-state index is 10.7. The Hall–Kier alpha value is -2.16. The molecule has 0 radical (unpaired) electrons. The summed E-state index contributed by atoms with van der Waals surface area (Å²) in [5.74, 6) is 1.36. The fourth-order valence-electron chi connectivity index (χ4n) is 3.51. The Kier molecular flexibility index (Phi) is 3.86. The van der Waals surface area contributed by atoms with Crippen LogP contribution in [0.2, 0.25) is 0 Å². The van der Waals surface area contributed by atoms with Gasteiger partial charge in [0, 0.05) is 42.1 Å². The van der Waals surface area contributed by atoms with Gasteiger partial charge in [-0.05, 0) is 67.5 Å². The molecule has 1 saturated carbocycles. The molecule has 0 bridgehead atoms. The Morgan fingerprint density at radius 3 is 2.22 bits per heavy atom. The maximum Gasteiger partial charge on any atom is 0.150 e. The van der Waals surface area contributed by atoms with Gasteiger partial charge in [-0.25, -0.2) is 0 Å². The molecule has 1 saturated heterocycles. The second kappa shape index (κ2) is 6.15. The zero-order valence-electron chi connectivity index (χ0n) is 13.3. The Bertz CT molecular complexity index is 666. The van der Waals surface area contributed by atoms with Crippen molar-refractivity contribution in [1.82, 2.24) is 4.98 Å². The van der Waals surface area contributed by atoms with Crippen LogP contribution in [0.4, 0.5) is 5.69 Å². The van der Waals surface area contributed by atoms with Crippen molar-refractivity contribution in [3.63, 3.8) is 0 Å². The van der Waals surface area contributed by atoms with Gasteiger partial charge >= 0.3 is 0 Å². The van der Waals surface area contributed by atoms with Crippen molar-refractivity contribution in [3.05, 3.63) is 59.4 Å². The van der Waals surface area contributed by atoms with E-state index in [2.05, 4.69) is 40.3 Å². The summed E-state index contributed by atoms with van der Waals surface area (Å²) >= 11 is 0. The molecule has 0 spiro atoms. The lowest BCUT2D eigenvalue weighted by molar-refractivity contribution is 0.112. The maximum absolute atomic E-state index is 10.7. The highest BCUT2D eigenvalue weighted by molar-refractivity contribution is 5.75. The molecule has 3 nitrogen and oxygen atoms in total. The highest BCUT2D eigenvalue weighted by Crippen LogP contribution is 2.39. The number of piperidine rings is 1. The number of carbonyl (C=O) groups is 1. The van der Waals surface area contributed by atoms with Crippen LogP contribution in [0.1, 0.15) is 59.1 Å². The van der Waals surface area contributed by atoms with Gasteiger partial charge in [0.15, 0.2) is 0 Å². The molecule has 0 amide bonds. The SMILES string of the molecule is O=Cc1ccc(N2CCC(c3ccc(C4CC4)nc3)CC2)cc1. The zero-order chi connectivity index (χ0) is 15.6. The van der Waals surface area contributed by atoms with Crippen LogP contribution < -0.4 is 4.90 Å².